The number of fused-ring (bicyclic) bond motifs is 2. The molecule has 0 aromatic rings. The van der Waals surface area contributed by atoms with Crippen molar-refractivity contribution < 1.29 is 19.4 Å². The third-order valence-electron chi connectivity index (χ3n) is 5.19. The second-order valence-electron chi connectivity index (χ2n) is 7.74. The molecule has 2 N–H and O–H groups in total. The van der Waals surface area contributed by atoms with Crippen molar-refractivity contribution in [3.8, 4) is 0 Å². The molecule has 5 heteroatoms. The van der Waals surface area contributed by atoms with E-state index in [1.54, 1.807) is 0 Å². The Kier molecular flexibility index (Phi) is 3.50. The summed E-state index contributed by atoms with van der Waals surface area (Å²) in [6.45, 7) is 10.8. The highest BCUT2D eigenvalue weighted by Crippen LogP contribution is 2.47. The molecular formula is C14H26O4Si. The van der Waals surface area contributed by atoms with Crippen LogP contribution in [0.2, 0.25) is 18.1 Å². The van der Waals surface area contributed by atoms with Gasteiger partial charge in [-0.15, -0.1) is 0 Å². The van der Waals surface area contributed by atoms with Gasteiger partial charge in [-0.25, -0.2) is 0 Å². The molecule has 2 fully saturated rings. The number of Topliss-reactive ketones (excluding diaryl/α,β-unsaturated/α-hetero) is 1. The summed E-state index contributed by atoms with van der Waals surface area (Å²) in [4.78, 5) is 11.8. The summed E-state index contributed by atoms with van der Waals surface area (Å²) in [6, 6.07) is 0. The zero-order valence-corrected chi connectivity index (χ0v) is 13.6. The average Bonchev–Trinajstić information content (AvgIpc) is 2.45. The lowest BCUT2D eigenvalue weighted by molar-refractivity contribution is -0.140. The summed E-state index contributed by atoms with van der Waals surface area (Å²) >= 11 is 0. The Bertz CT molecular complexity index is 387. The predicted molar refractivity (Wildman–Crippen MR) is 75.4 cm³/mol. The van der Waals surface area contributed by atoms with Crippen LogP contribution in [0.3, 0.4) is 0 Å². The van der Waals surface area contributed by atoms with Crippen LogP contribution in [0, 0.1) is 5.92 Å². The van der Waals surface area contributed by atoms with Crippen LogP contribution in [0.15, 0.2) is 0 Å². The standard InChI is InChI=1S/C14H26O4Si/c1-13(2,3)19(4,5)18-12-9-6-11(16)14(17,7-9)8-10(12)15/h9-10,12,15,17H,6-8H2,1-5H3/t9-,10-,12+,14-/m1/s1. The molecule has 0 radical (unpaired) electrons. The number of hydrogen-bond donors (Lipinski definition) is 2. The molecule has 2 rings (SSSR count). The molecule has 2 aliphatic rings. The van der Waals surface area contributed by atoms with Gasteiger partial charge in [-0.3, -0.25) is 4.79 Å². The lowest BCUT2D eigenvalue weighted by Crippen LogP contribution is -2.53. The molecule has 0 aliphatic heterocycles. The quantitative estimate of drug-likeness (QED) is 0.760. The van der Waals surface area contributed by atoms with E-state index >= 15 is 0 Å². The van der Waals surface area contributed by atoms with Crippen LogP contribution in [-0.2, 0) is 9.22 Å². The van der Waals surface area contributed by atoms with E-state index in [1.807, 2.05) is 0 Å². The molecule has 0 saturated heterocycles. The van der Waals surface area contributed by atoms with E-state index in [-0.39, 0.29) is 29.3 Å². The molecule has 4 atom stereocenters. The maximum Gasteiger partial charge on any atom is 0.192 e. The fourth-order valence-corrected chi connectivity index (χ4v) is 4.33. The monoisotopic (exact) mass is 286 g/mol. The first-order valence-electron chi connectivity index (χ1n) is 7.08. The van der Waals surface area contributed by atoms with Crippen LogP contribution in [0.1, 0.15) is 40.0 Å². The summed E-state index contributed by atoms with van der Waals surface area (Å²) in [5.41, 5.74) is -1.29. The minimum atomic E-state index is -1.97. The van der Waals surface area contributed by atoms with Crippen LogP contribution in [0.25, 0.3) is 0 Å². The highest BCUT2D eigenvalue weighted by molar-refractivity contribution is 6.74. The van der Waals surface area contributed by atoms with E-state index in [2.05, 4.69) is 33.9 Å². The normalized spacial score (nSPS) is 39.7. The molecule has 2 aliphatic carbocycles. The summed E-state index contributed by atoms with van der Waals surface area (Å²) < 4.78 is 6.30. The molecule has 4 nitrogen and oxygen atoms in total. The molecule has 110 valence electrons. The highest BCUT2D eigenvalue weighted by atomic mass is 28.4. The van der Waals surface area contributed by atoms with Crippen molar-refractivity contribution in [3.63, 3.8) is 0 Å². The highest BCUT2D eigenvalue weighted by Gasteiger charge is 2.56. The summed E-state index contributed by atoms with van der Waals surface area (Å²) in [5, 5.41) is 20.5. The SMILES string of the molecule is CC(C)(C)[Si](C)(C)O[C@H]1[C@@H]2CC(=O)[C@@](O)(C2)C[C@H]1O. The molecule has 0 heterocycles. The van der Waals surface area contributed by atoms with Gasteiger partial charge in [0.05, 0.1) is 12.2 Å². The largest absolute Gasteiger partial charge is 0.411 e. The van der Waals surface area contributed by atoms with Crippen molar-refractivity contribution >= 4 is 14.1 Å². The molecule has 2 saturated carbocycles. The Morgan fingerprint density at radius 3 is 2.42 bits per heavy atom. The maximum atomic E-state index is 11.8. The van der Waals surface area contributed by atoms with Gasteiger partial charge in [0, 0.05) is 12.8 Å². The first-order valence-corrected chi connectivity index (χ1v) is 9.99. The van der Waals surface area contributed by atoms with Gasteiger partial charge in [0.25, 0.3) is 0 Å². The molecule has 0 unspecified atom stereocenters. The van der Waals surface area contributed by atoms with E-state index in [9.17, 15) is 15.0 Å². The van der Waals surface area contributed by atoms with Crippen LogP contribution >= 0.6 is 0 Å². The number of ketones is 1. The van der Waals surface area contributed by atoms with E-state index < -0.39 is 20.0 Å². The van der Waals surface area contributed by atoms with Gasteiger partial charge in [-0.05, 0) is 30.5 Å². The lowest BCUT2D eigenvalue weighted by Gasteiger charge is -2.44. The Labute approximate surface area is 116 Å². The molecule has 2 bridgehead atoms. The van der Waals surface area contributed by atoms with Gasteiger partial charge >= 0.3 is 0 Å². The van der Waals surface area contributed by atoms with E-state index in [0.717, 1.165) is 0 Å². The molecule has 19 heavy (non-hydrogen) atoms. The van der Waals surface area contributed by atoms with Crippen molar-refractivity contribution in [2.45, 2.75) is 76.0 Å². The van der Waals surface area contributed by atoms with Gasteiger partial charge < -0.3 is 14.6 Å². The summed E-state index contributed by atoms with van der Waals surface area (Å²) in [6.07, 6.45) is -0.117. The molecule has 0 amide bonds. The molecular weight excluding hydrogens is 260 g/mol. The zero-order chi connectivity index (χ0) is 14.6. The maximum absolute atomic E-state index is 11.8. The molecule has 0 aromatic heterocycles. The summed E-state index contributed by atoms with van der Waals surface area (Å²) in [7, 11) is -1.97. The minimum absolute atomic E-state index is 0.0321. The number of aliphatic hydroxyl groups is 2. The van der Waals surface area contributed by atoms with Crippen molar-refractivity contribution in [1.82, 2.24) is 0 Å². The van der Waals surface area contributed by atoms with Crippen LogP contribution < -0.4 is 0 Å². The summed E-state index contributed by atoms with van der Waals surface area (Å²) in [5.74, 6) is -0.159. The Balaban J connectivity index is 2.17. The van der Waals surface area contributed by atoms with Crippen LogP contribution in [0.4, 0.5) is 0 Å². The predicted octanol–water partition coefficient (Wildman–Crippen LogP) is 1.85. The van der Waals surface area contributed by atoms with Crippen LogP contribution in [-0.4, -0.2) is 42.1 Å². The van der Waals surface area contributed by atoms with Crippen LogP contribution in [0.5, 0.6) is 0 Å². The third-order valence-corrected chi connectivity index (χ3v) is 9.67. The topological polar surface area (TPSA) is 66.8 Å². The second-order valence-corrected chi connectivity index (χ2v) is 12.5. The second kappa shape index (κ2) is 4.38. The van der Waals surface area contributed by atoms with E-state index in [1.165, 1.54) is 0 Å². The zero-order valence-electron chi connectivity index (χ0n) is 12.6. The Morgan fingerprint density at radius 1 is 1.32 bits per heavy atom. The van der Waals surface area contributed by atoms with Gasteiger partial charge in [0.1, 0.15) is 5.60 Å². The number of aliphatic hydroxyl groups excluding tert-OH is 1. The Morgan fingerprint density at radius 2 is 1.89 bits per heavy atom. The van der Waals surface area contributed by atoms with Crippen molar-refractivity contribution in [1.29, 1.82) is 0 Å². The van der Waals surface area contributed by atoms with Crippen molar-refractivity contribution in [2.75, 3.05) is 0 Å². The van der Waals surface area contributed by atoms with E-state index in [4.69, 9.17) is 4.43 Å². The first-order chi connectivity index (χ1) is 8.46. The fourth-order valence-electron chi connectivity index (χ4n) is 2.95. The number of carbonyl (C=O) groups is 1. The molecule has 0 aromatic carbocycles. The van der Waals surface area contributed by atoms with Gasteiger partial charge in [-0.1, -0.05) is 20.8 Å². The fraction of sp³-hybridized carbons (Fsp3) is 0.929. The van der Waals surface area contributed by atoms with Gasteiger partial charge in [-0.2, -0.15) is 0 Å². The van der Waals surface area contributed by atoms with E-state index in [0.29, 0.717) is 12.8 Å². The molecule has 0 spiro atoms. The average molecular weight is 286 g/mol. The number of carbonyl (C=O) groups excluding carboxylic acids is 1. The van der Waals surface area contributed by atoms with Gasteiger partial charge in [0.15, 0.2) is 14.1 Å². The van der Waals surface area contributed by atoms with Crippen molar-refractivity contribution in [3.05, 3.63) is 0 Å². The van der Waals surface area contributed by atoms with Crippen molar-refractivity contribution in [2.24, 2.45) is 5.92 Å². The lowest BCUT2D eigenvalue weighted by atomic mass is 9.82. The number of rotatable bonds is 2. The Hall–Kier alpha value is -0.233. The number of hydrogen-bond acceptors (Lipinski definition) is 4. The first kappa shape index (κ1) is 15.2. The smallest absolute Gasteiger partial charge is 0.192 e. The third kappa shape index (κ3) is 2.53. The van der Waals surface area contributed by atoms with Gasteiger partial charge in [0.2, 0.25) is 0 Å². The minimum Gasteiger partial charge on any atom is -0.411 e.